The minimum atomic E-state index is 0. The fraction of sp³-hybridized carbons (Fsp3) is 0.600. The molecule has 0 atom stereocenters. The third-order valence-electron chi connectivity index (χ3n) is 2.33. The van der Waals surface area contributed by atoms with Crippen molar-refractivity contribution in [2.24, 2.45) is 0 Å². The van der Waals surface area contributed by atoms with Gasteiger partial charge in [-0.3, -0.25) is 0 Å². The van der Waals surface area contributed by atoms with Crippen LogP contribution in [0.2, 0.25) is 0 Å². The Labute approximate surface area is 101 Å². The molecule has 1 saturated heterocycles. The third kappa shape index (κ3) is 3.97. The lowest BCUT2D eigenvalue weighted by Gasteiger charge is -2.20. The van der Waals surface area contributed by atoms with Gasteiger partial charge in [-0.2, -0.15) is 0 Å². The molecule has 3 nitrogen and oxygen atoms in total. The highest BCUT2D eigenvalue weighted by atomic mass is 35.5. The number of thioether (sulfide) groups is 1. The Morgan fingerprint density at radius 1 is 1.40 bits per heavy atom. The SMILES string of the molecule is Cc1ccnc(SC2CCNCC2)n1.Cl. The summed E-state index contributed by atoms with van der Waals surface area (Å²) in [6.07, 6.45) is 4.29. The summed E-state index contributed by atoms with van der Waals surface area (Å²) in [6, 6.07) is 1.94. The maximum atomic E-state index is 4.40. The molecule has 0 radical (unpaired) electrons. The van der Waals surface area contributed by atoms with Crippen molar-refractivity contribution in [3.8, 4) is 0 Å². The summed E-state index contributed by atoms with van der Waals surface area (Å²) >= 11 is 1.82. The van der Waals surface area contributed by atoms with Crippen LogP contribution in [0.25, 0.3) is 0 Å². The zero-order chi connectivity index (χ0) is 9.80. The highest BCUT2D eigenvalue weighted by Gasteiger charge is 2.15. The van der Waals surface area contributed by atoms with Gasteiger partial charge in [-0.05, 0) is 38.9 Å². The molecule has 2 rings (SSSR count). The lowest BCUT2D eigenvalue weighted by atomic mass is 10.2. The maximum absolute atomic E-state index is 4.40. The normalized spacial score (nSPS) is 17.1. The molecule has 2 heterocycles. The van der Waals surface area contributed by atoms with E-state index in [0.717, 1.165) is 23.9 Å². The molecule has 15 heavy (non-hydrogen) atoms. The molecule has 1 aromatic rings. The summed E-state index contributed by atoms with van der Waals surface area (Å²) in [5.74, 6) is 0. The van der Waals surface area contributed by atoms with Crippen molar-refractivity contribution < 1.29 is 0 Å². The number of hydrogen-bond acceptors (Lipinski definition) is 4. The van der Waals surface area contributed by atoms with E-state index in [0.29, 0.717) is 5.25 Å². The first-order chi connectivity index (χ1) is 6.84. The first-order valence-electron chi connectivity index (χ1n) is 5.01. The molecule has 0 unspecified atom stereocenters. The van der Waals surface area contributed by atoms with E-state index in [1.54, 1.807) is 0 Å². The minimum absolute atomic E-state index is 0. The summed E-state index contributed by atoms with van der Waals surface area (Å²) in [5, 5.41) is 4.98. The maximum Gasteiger partial charge on any atom is 0.187 e. The van der Waals surface area contributed by atoms with Crippen LogP contribution >= 0.6 is 24.2 Å². The molecule has 5 heteroatoms. The fourth-order valence-corrected chi connectivity index (χ4v) is 2.63. The Bertz CT molecular complexity index is 302. The quantitative estimate of drug-likeness (QED) is 0.810. The minimum Gasteiger partial charge on any atom is -0.317 e. The van der Waals surface area contributed by atoms with Gasteiger partial charge in [-0.1, -0.05) is 11.8 Å². The highest BCUT2D eigenvalue weighted by Crippen LogP contribution is 2.25. The average molecular weight is 246 g/mol. The fourth-order valence-electron chi connectivity index (χ4n) is 1.55. The average Bonchev–Trinajstić information content (AvgIpc) is 2.19. The van der Waals surface area contributed by atoms with Crippen LogP contribution in [0.1, 0.15) is 18.5 Å². The topological polar surface area (TPSA) is 37.8 Å². The Morgan fingerprint density at radius 2 is 2.13 bits per heavy atom. The van der Waals surface area contributed by atoms with E-state index in [2.05, 4.69) is 15.3 Å². The van der Waals surface area contributed by atoms with Gasteiger partial charge in [0.2, 0.25) is 0 Å². The molecule has 1 fully saturated rings. The number of aromatic nitrogens is 2. The number of rotatable bonds is 2. The van der Waals surface area contributed by atoms with E-state index in [-0.39, 0.29) is 12.4 Å². The summed E-state index contributed by atoms with van der Waals surface area (Å²) in [7, 11) is 0. The monoisotopic (exact) mass is 245 g/mol. The molecule has 84 valence electrons. The molecule has 1 aromatic heterocycles. The van der Waals surface area contributed by atoms with Crippen LogP contribution < -0.4 is 5.32 Å². The van der Waals surface area contributed by atoms with Crippen LogP contribution in [0.15, 0.2) is 17.4 Å². The molecule has 0 aliphatic carbocycles. The second kappa shape index (κ2) is 6.30. The number of aryl methyl sites for hydroxylation is 1. The van der Waals surface area contributed by atoms with Crippen LogP contribution in [-0.2, 0) is 0 Å². The second-order valence-corrected chi connectivity index (χ2v) is 4.82. The van der Waals surface area contributed by atoms with E-state index >= 15 is 0 Å². The van der Waals surface area contributed by atoms with E-state index in [4.69, 9.17) is 0 Å². The lowest BCUT2D eigenvalue weighted by Crippen LogP contribution is -2.29. The Balaban J connectivity index is 0.00000112. The van der Waals surface area contributed by atoms with Gasteiger partial charge in [-0.15, -0.1) is 12.4 Å². The standard InChI is InChI=1S/C10H15N3S.ClH/c1-8-2-7-12-10(13-8)14-9-3-5-11-6-4-9;/h2,7,9,11H,3-6H2,1H3;1H. The summed E-state index contributed by atoms with van der Waals surface area (Å²) < 4.78 is 0. The van der Waals surface area contributed by atoms with Crippen molar-refractivity contribution in [2.45, 2.75) is 30.2 Å². The number of piperidine rings is 1. The predicted octanol–water partition coefficient (Wildman–Crippen LogP) is 2.05. The number of halogens is 1. The van der Waals surface area contributed by atoms with Crippen LogP contribution in [0, 0.1) is 6.92 Å². The molecule has 0 saturated carbocycles. The van der Waals surface area contributed by atoms with Gasteiger partial charge in [-0.25, -0.2) is 9.97 Å². The van der Waals surface area contributed by atoms with Crippen LogP contribution in [-0.4, -0.2) is 28.3 Å². The molecule has 0 bridgehead atoms. The largest absolute Gasteiger partial charge is 0.317 e. The summed E-state index contributed by atoms with van der Waals surface area (Å²) in [4.78, 5) is 8.66. The molecular formula is C10H16ClN3S. The molecular weight excluding hydrogens is 230 g/mol. The Hall–Kier alpha value is -0.320. The first kappa shape index (κ1) is 12.7. The van der Waals surface area contributed by atoms with Gasteiger partial charge >= 0.3 is 0 Å². The van der Waals surface area contributed by atoms with Crippen LogP contribution in [0.5, 0.6) is 0 Å². The number of hydrogen-bond donors (Lipinski definition) is 1. The molecule has 1 aliphatic rings. The summed E-state index contributed by atoms with van der Waals surface area (Å²) in [5.41, 5.74) is 1.05. The Morgan fingerprint density at radius 3 is 2.80 bits per heavy atom. The van der Waals surface area contributed by atoms with Gasteiger partial charge in [0.15, 0.2) is 5.16 Å². The molecule has 1 aliphatic heterocycles. The zero-order valence-corrected chi connectivity index (χ0v) is 10.4. The van der Waals surface area contributed by atoms with Crippen molar-refractivity contribution >= 4 is 24.2 Å². The van der Waals surface area contributed by atoms with Gasteiger partial charge in [0.25, 0.3) is 0 Å². The molecule has 0 spiro atoms. The van der Waals surface area contributed by atoms with Gasteiger partial charge < -0.3 is 5.32 Å². The van der Waals surface area contributed by atoms with Crippen LogP contribution in [0.4, 0.5) is 0 Å². The van der Waals surface area contributed by atoms with Gasteiger partial charge in [0.1, 0.15) is 0 Å². The zero-order valence-electron chi connectivity index (χ0n) is 8.77. The second-order valence-electron chi connectivity index (χ2n) is 3.55. The van der Waals surface area contributed by atoms with Gasteiger partial charge in [0, 0.05) is 17.1 Å². The van der Waals surface area contributed by atoms with Crippen molar-refractivity contribution in [1.29, 1.82) is 0 Å². The van der Waals surface area contributed by atoms with E-state index in [9.17, 15) is 0 Å². The molecule has 0 amide bonds. The smallest absolute Gasteiger partial charge is 0.187 e. The highest BCUT2D eigenvalue weighted by molar-refractivity contribution is 7.99. The van der Waals surface area contributed by atoms with Gasteiger partial charge in [0.05, 0.1) is 0 Å². The lowest BCUT2D eigenvalue weighted by molar-refractivity contribution is 0.530. The van der Waals surface area contributed by atoms with E-state index in [1.165, 1.54) is 12.8 Å². The van der Waals surface area contributed by atoms with Crippen molar-refractivity contribution in [3.63, 3.8) is 0 Å². The number of nitrogens with one attached hydrogen (secondary N) is 1. The number of nitrogens with zero attached hydrogens (tertiary/aromatic N) is 2. The van der Waals surface area contributed by atoms with E-state index in [1.807, 2.05) is 30.9 Å². The molecule has 0 aromatic carbocycles. The van der Waals surface area contributed by atoms with Crippen molar-refractivity contribution in [1.82, 2.24) is 15.3 Å². The van der Waals surface area contributed by atoms with Crippen molar-refractivity contribution in [3.05, 3.63) is 18.0 Å². The summed E-state index contributed by atoms with van der Waals surface area (Å²) in [6.45, 7) is 4.27. The third-order valence-corrected chi connectivity index (χ3v) is 3.54. The Kier molecular flexibility index (Phi) is 5.36. The first-order valence-corrected chi connectivity index (χ1v) is 5.89. The molecule has 1 N–H and O–H groups in total. The van der Waals surface area contributed by atoms with Crippen molar-refractivity contribution in [2.75, 3.05) is 13.1 Å². The van der Waals surface area contributed by atoms with Crippen LogP contribution in [0.3, 0.4) is 0 Å². The predicted molar refractivity (Wildman–Crippen MR) is 65.8 cm³/mol. The van der Waals surface area contributed by atoms with E-state index < -0.39 is 0 Å².